The van der Waals surface area contributed by atoms with Crippen molar-refractivity contribution in [2.24, 2.45) is 0 Å². The Balaban J connectivity index is 1.18. The molecule has 2 aromatic carbocycles. The third-order valence-corrected chi connectivity index (χ3v) is 7.93. The average Bonchev–Trinajstić information content (AvgIpc) is 3.45. The molecule has 0 unspecified atom stereocenters. The van der Waals surface area contributed by atoms with Crippen molar-refractivity contribution in [2.75, 3.05) is 99.3 Å². The molecule has 0 spiro atoms. The van der Waals surface area contributed by atoms with Gasteiger partial charge in [0, 0.05) is 32.6 Å². The van der Waals surface area contributed by atoms with Crippen LogP contribution in [0.4, 0.5) is 4.79 Å². The maximum Gasteiger partial charge on any atom is 0.407 e. The van der Waals surface area contributed by atoms with Crippen molar-refractivity contribution in [3.8, 4) is 11.1 Å². The van der Waals surface area contributed by atoms with Gasteiger partial charge in [0.1, 0.15) is 13.2 Å². The fourth-order valence-electron chi connectivity index (χ4n) is 5.20. The molecule has 0 saturated heterocycles. The van der Waals surface area contributed by atoms with Gasteiger partial charge >= 0.3 is 12.1 Å². The molecule has 13 nitrogen and oxygen atoms in total. The van der Waals surface area contributed by atoms with E-state index in [0.717, 1.165) is 11.1 Å². The zero-order chi connectivity index (χ0) is 36.0. The largest absolute Gasteiger partial charge is 0.461 e. The van der Waals surface area contributed by atoms with Crippen molar-refractivity contribution in [2.45, 2.75) is 25.7 Å². The maximum absolute atomic E-state index is 12.7. The lowest BCUT2D eigenvalue weighted by molar-refractivity contribution is -0.143. The van der Waals surface area contributed by atoms with E-state index in [4.69, 9.17) is 28.4 Å². The molecule has 0 radical (unpaired) electrons. The van der Waals surface area contributed by atoms with Gasteiger partial charge in [0.15, 0.2) is 0 Å². The van der Waals surface area contributed by atoms with E-state index >= 15 is 0 Å². The molecular formula is C37H51N3O10. The lowest BCUT2D eigenvalue weighted by Gasteiger charge is -2.24. The Bertz CT molecular complexity index is 1330. The molecule has 1 aliphatic rings. The first-order chi connectivity index (χ1) is 24.3. The SMILES string of the molecule is C=CCOC(=O)CCOCCOCCOCCN(C)C(=O)CN(CC)C(=O)CCOCCNC(=O)OCC1c2ccccc2-c2ccccc21. The predicted molar refractivity (Wildman–Crippen MR) is 187 cm³/mol. The van der Waals surface area contributed by atoms with Gasteiger partial charge in [-0.25, -0.2) is 4.79 Å². The number of carbonyl (C=O) groups excluding carboxylic acids is 4. The lowest BCUT2D eigenvalue weighted by atomic mass is 9.98. The van der Waals surface area contributed by atoms with Crippen LogP contribution in [0.5, 0.6) is 0 Å². The van der Waals surface area contributed by atoms with E-state index in [0.29, 0.717) is 46.1 Å². The molecule has 1 N–H and O–H groups in total. The van der Waals surface area contributed by atoms with Gasteiger partial charge in [-0.3, -0.25) is 14.4 Å². The third-order valence-electron chi connectivity index (χ3n) is 7.93. The molecule has 1 aliphatic carbocycles. The smallest absolute Gasteiger partial charge is 0.407 e. The van der Waals surface area contributed by atoms with Crippen LogP contribution in [0, 0.1) is 0 Å². The van der Waals surface area contributed by atoms with Crippen LogP contribution in [0.15, 0.2) is 61.2 Å². The Morgan fingerprint density at radius 2 is 1.34 bits per heavy atom. The van der Waals surface area contributed by atoms with Gasteiger partial charge in [-0.1, -0.05) is 61.2 Å². The first kappa shape index (κ1) is 40.1. The molecule has 13 heteroatoms. The van der Waals surface area contributed by atoms with E-state index < -0.39 is 6.09 Å². The zero-order valence-electron chi connectivity index (χ0n) is 29.3. The summed E-state index contributed by atoms with van der Waals surface area (Å²) in [6.07, 6.45) is 1.28. The normalized spacial score (nSPS) is 11.7. The van der Waals surface area contributed by atoms with Gasteiger partial charge in [-0.05, 0) is 29.2 Å². The summed E-state index contributed by atoms with van der Waals surface area (Å²) >= 11 is 0. The second-order valence-corrected chi connectivity index (χ2v) is 11.4. The maximum atomic E-state index is 12.7. The molecule has 50 heavy (non-hydrogen) atoms. The van der Waals surface area contributed by atoms with E-state index in [9.17, 15) is 19.2 Å². The van der Waals surface area contributed by atoms with Crippen molar-refractivity contribution in [1.82, 2.24) is 15.1 Å². The van der Waals surface area contributed by atoms with E-state index in [1.54, 1.807) is 7.05 Å². The molecule has 3 amide bonds. The zero-order valence-corrected chi connectivity index (χ0v) is 29.3. The first-order valence-corrected chi connectivity index (χ1v) is 17.0. The molecule has 2 aromatic rings. The van der Waals surface area contributed by atoms with Crippen LogP contribution < -0.4 is 5.32 Å². The van der Waals surface area contributed by atoms with Crippen molar-refractivity contribution in [3.05, 3.63) is 72.3 Å². The van der Waals surface area contributed by atoms with Gasteiger partial charge in [0.25, 0.3) is 0 Å². The van der Waals surface area contributed by atoms with E-state index in [1.165, 1.54) is 27.0 Å². The van der Waals surface area contributed by atoms with Crippen LogP contribution in [-0.4, -0.2) is 133 Å². The molecule has 0 bridgehead atoms. The Kier molecular flexibility index (Phi) is 18.6. The molecule has 0 saturated carbocycles. The second-order valence-electron chi connectivity index (χ2n) is 11.4. The highest BCUT2D eigenvalue weighted by Gasteiger charge is 2.29. The standard InChI is InChI=1S/C37H51N3O10/c1-4-18-49-36(43)15-20-46-23-25-48-26-24-47-22-17-39(3)35(42)27-40(5-2)34(41)14-19-45-21-16-38-37(44)50-28-33-31-12-8-6-10-29(31)30-11-7-9-13-32(30)33/h4,6-13,33H,1,5,14-28H2,2-3H3,(H,38,44). The second kappa shape index (κ2) is 23.2. The molecular weight excluding hydrogens is 646 g/mol. The van der Waals surface area contributed by atoms with Gasteiger partial charge in [-0.2, -0.15) is 0 Å². The molecule has 274 valence electrons. The third kappa shape index (κ3) is 13.9. The Hall–Kier alpha value is -4.30. The summed E-state index contributed by atoms with van der Waals surface area (Å²) in [5, 5.41) is 2.69. The van der Waals surface area contributed by atoms with E-state index in [1.807, 2.05) is 31.2 Å². The Morgan fingerprint density at radius 1 is 0.760 bits per heavy atom. The summed E-state index contributed by atoms with van der Waals surface area (Å²) < 4.78 is 32.2. The molecule has 0 atom stereocenters. The topological polar surface area (TPSA) is 142 Å². The number of carbonyl (C=O) groups is 4. The number of hydrogen-bond acceptors (Lipinski definition) is 10. The van der Waals surface area contributed by atoms with Crippen LogP contribution in [-0.2, 0) is 42.8 Å². The Morgan fingerprint density at radius 3 is 1.98 bits per heavy atom. The first-order valence-electron chi connectivity index (χ1n) is 17.0. The van der Waals surface area contributed by atoms with Crippen molar-refractivity contribution < 1.29 is 47.6 Å². The quantitative estimate of drug-likeness (QED) is 0.0932. The molecule has 3 rings (SSSR count). The number of likely N-dealkylation sites (N-methyl/N-ethyl adjacent to an activating group) is 2. The summed E-state index contributed by atoms with van der Waals surface area (Å²) in [5.41, 5.74) is 4.63. The van der Waals surface area contributed by atoms with E-state index in [2.05, 4.69) is 36.2 Å². The highest BCUT2D eigenvalue weighted by Crippen LogP contribution is 2.44. The number of fused-ring (bicyclic) bond motifs is 3. The van der Waals surface area contributed by atoms with Gasteiger partial charge in [0.05, 0.1) is 72.2 Å². The number of amides is 3. The predicted octanol–water partition coefficient (Wildman–Crippen LogP) is 3.41. The number of esters is 1. The molecule has 0 aromatic heterocycles. The monoisotopic (exact) mass is 697 g/mol. The van der Waals surface area contributed by atoms with Crippen LogP contribution in [0.2, 0.25) is 0 Å². The van der Waals surface area contributed by atoms with Crippen molar-refractivity contribution in [3.63, 3.8) is 0 Å². The number of ether oxygens (including phenoxy) is 6. The van der Waals surface area contributed by atoms with E-state index in [-0.39, 0.29) is 82.7 Å². The number of rotatable bonds is 25. The minimum atomic E-state index is -0.524. The van der Waals surface area contributed by atoms with Crippen molar-refractivity contribution in [1.29, 1.82) is 0 Å². The highest BCUT2D eigenvalue weighted by atomic mass is 16.6. The number of hydrogen-bond donors (Lipinski definition) is 1. The number of benzene rings is 2. The van der Waals surface area contributed by atoms with Gasteiger partial charge < -0.3 is 43.5 Å². The summed E-state index contributed by atoms with van der Waals surface area (Å²) in [6, 6.07) is 16.3. The summed E-state index contributed by atoms with van der Waals surface area (Å²) in [5.74, 6) is -0.736. The van der Waals surface area contributed by atoms with Crippen LogP contribution >= 0.6 is 0 Å². The summed E-state index contributed by atoms with van der Waals surface area (Å²) in [7, 11) is 1.66. The Labute approximate surface area is 294 Å². The van der Waals surface area contributed by atoms with Gasteiger partial charge in [0.2, 0.25) is 11.8 Å². The van der Waals surface area contributed by atoms with Gasteiger partial charge in [-0.15, -0.1) is 0 Å². The molecule has 0 fully saturated rings. The van der Waals surface area contributed by atoms with Crippen LogP contribution in [0.3, 0.4) is 0 Å². The number of nitrogens with one attached hydrogen (secondary N) is 1. The fourth-order valence-corrected chi connectivity index (χ4v) is 5.20. The minimum Gasteiger partial charge on any atom is -0.461 e. The molecule has 0 heterocycles. The minimum absolute atomic E-state index is 0.0141. The summed E-state index contributed by atoms with van der Waals surface area (Å²) in [4.78, 5) is 52.0. The van der Waals surface area contributed by atoms with Crippen molar-refractivity contribution >= 4 is 23.9 Å². The molecule has 0 aliphatic heterocycles. The number of nitrogens with zero attached hydrogens (tertiary/aromatic N) is 2. The van der Waals surface area contributed by atoms with Crippen LogP contribution in [0.1, 0.15) is 36.8 Å². The lowest BCUT2D eigenvalue weighted by Crippen LogP contribution is -2.42. The average molecular weight is 698 g/mol. The van der Waals surface area contributed by atoms with Crippen LogP contribution in [0.25, 0.3) is 11.1 Å². The number of alkyl carbamates (subject to hydrolysis) is 1. The fraction of sp³-hybridized carbons (Fsp3) is 0.514. The highest BCUT2D eigenvalue weighted by molar-refractivity contribution is 5.84. The summed E-state index contributed by atoms with van der Waals surface area (Å²) in [6.45, 7) is 9.10.